The van der Waals surface area contributed by atoms with Gasteiger partial charge < -0.3 is 19.7 Å². The van der Waals surface area contributed by atoms with Crippen molar-refractivity contribution in [2.45, 2.75) is 31.6 Å². The molecule has 11 heteroatoms. The number of aromatic nitrogens is 2. The first kappa shape index (κ1) is 30.4. The van der Waals surface area contributed by atoms with E-state index < -0.39 is 29.5 Å². The van der Waals surface area contributed by atoms with E-state index >= 15 is 0 Å². The minimum Gasteiger partial charge on any atom is -0.497 e. The maximum absolute atomic E-state index is 14.0. The van der Waals surface area contributed by atoms with Gasteiger partial charge in [0.25, 0.3) is 5.91 Å². The second-order valence-corrected chi connectivity index (χ2v) is 10.3. The van der Waals surface area contributed by atoms with Gasteiger partial charge in [0.05, 0.1) is 25.7 Å². The van der Waals surface area contributed by atoms with Crippen molar-refractivity contribution in [1.29, 1.82) is 0 Å². The van der Waals surface area contributed by atoms with E-state index in [1.807, 2.05) is 19.9 Å². The summed E-state index contributed by atoms with van der Waals surface area (Å²) >= 11 is 1.14. The number of ether oxygens (including phenoxy) is 2. The molecule has 0 saturated heterocycles. The van der Waals surface area contributed by atoms with Gasteiger partial charge in [0.15, 0.2) is 5.16 Å². The molecular formula is C31H30F2N4O4S. The Morgan fingerprint density at radius 2 is 1.50 bits per heavy atom. The van der Waals surface area contributed by atoms with E-state index in [1.54, 1.807) is 30.3 Å². The van der Waals surface area contributed by atoms with Crippen LogP contribution in [-0.2, 0) is 16.1 Å². The topological polar surface area (TPSA) is 93.7 Å². The lowest BCUT2D eigenvalue weighted by molar-refractivity contribution is -0.137. The summed E-state index contributed by atoms with van der Waals surface area (Å²) < 4.78 is 38.3. The third kappa shape index (κ3) is 7.82. The van der Waals surface area contributed by atoms with Crippen LogP contribution in [0.25, 0.3) is 0 Å². The van der Waals surface area contributed by atoms with Crippen LogP contribution in [0.4, 0.5) is 14.5 Å². The van der Waals surface area contributed by atoms with E-state index in [0.29, 0.717) is 33.5 Å². The Kier molecular flexibility index (Phi) is 10.1. The molecule has 0 spiro atoms. The molecule has 0 aliphatic carbocycles. The van der Waals surface area contributed by atoms with Crippen LogP contribution in [0.1, 0.15) is 28.6 Å². The summed E-state index contributed by atoms with van der Waals surface area (Å²) in [6.45, 7) is 3.65. The predicted octanol–water partition coefficient (Wildman–Crippen LogP) is 5.89. The fourth-order valence-electron chi connectivity index (χ4n) is 4.30. The Balaban J connectivity index is 1.72. The van der Waals surface area contributed by atoms with Gasteiger partial charge in [0.2, 0.25) is 5.91 Å². The number of benzene rings is 3. The Bertz CT molecular complexity index is 1530. The van der Waals surface area contributed by atoms with Crippen molar-refractivity contribution < 1.29 is 27.8 Å². The van der Waals surface area contributed by atoms with E-state index in [9.17, 15) is 18.4 Å². The number of aryl methyl sites for hydroxylation is 2. The molecule has 4 aromatic rings. The molecule has 0 unspecified atom stereocenters. The van der Waals surface area contributed by atoms with E-state index in [4.69, 9.17) is 9.47 Å². The largest absolute Gasteiger partial charge is 0.497 e. The zero-order valence-electron chi connectivity index (χ0n) is 23.6. The second-order valence-electron chi connectivity index (χ2n) is 9.38. The number of carbonyl (C=O) groups excluding carboxylic acids is 2. The summed E-state index contributed by atoms with van der Waals surface area (Å²) in [6.07, 6.45) is 0. The van der Waals surface area contributed by atoms with Crippen LogP contribution in [0.2, 0.25) is 0 Å². The number of thioether (sulfide) groups is 1. The number of anilines is 1. The van der Waals surface area contributed by atoms with Crippen molar-refractivity contribution in [1.82, 2.24) is 14.9 Å². The van der Waals surface area contributed by atoms with Gasteiger partial charge in [-0.25, -0.2) is 18.7 Å². The van der Waals surface area contributed by atoms with Crippen molar-refractivity contribution in [3.8, 4) is 11.5 Å². The Labute approximate surface area is 247 Å². The monoisotopic (exact) mass is 592 g/mol. The van der Waals surface area contributed by atoms with Crippen LogP contribution < -0.4 is 14.8 Å². The van der Waals surface area contributed by atoms with Gasteiger partial charge in [-0.1, -0.05) is 36.0 Å². The lowest BCUT2D eigenvalue weighted by Gasteiger charge is -2.32. The number of amides is 2. The number of hydrogen-bond acceptors (Lipinski definition) is 7. The molecule has 4 rings (SSSR count). The molecule has 1 atom stereocenters. The normalized spacial score (nSPS) is 11.5. The van der Waals surface area contributed by atoms with Gasteiger partial charge in [-0.05, 0) is 67.4 Å². The molecule has 1 N–H and O–H groups in total. The molecule has 3 aromatic carbocycles. The van der Waals surface area contributed by atoms with E-state index in [2.05, 4.69) is 15.3 Å². The summed E-state index contributed by atoms with van der Waals surface area (Å²) in [5, 5.41) is 3.27. The van der Waals surface area contributed by atoms with E-state index in [0.717, 1.165) is 23.1 Å². The summed E-state index contributed by atoms with van der Waals surface area (Å²) in [4.78, 5) is 38.0. The third-order valence-electron chi connectivity index (χ3n) is 6.29. The molecule has 0 fully saturated rings. The first-order valence-electron chi connectivity index (χ1n) is 12.9. The third-order valence-corrected chi connectivity index (χ3v) is 7.12. The molecule has 0 bridgehead atoms. The first-order valence-corrected chi connectivity index (χ1v) is 13.9. The quantitative estimate of drug-likeness (QED) is 0.172. The maximum Gasteiger partial charge on any atom is 0.251 e. The molecule has 42 heavy (non-hydrogen) atoms. The molecule has 2 amide bonds. The molecule has 0 aliphatic heterocycles. The molecule has 218 valence electrons. The number of hydrogen-bond donors (Lipinski definition) is 1. The van der Waals surface area contributed by atoms with Gasteiger partial charge >= 0.3 is 0 Å². The Morgan fingerprint density at radius 1 is 0.881 bits per heavy atom. The number of methoxy groups -OCH3 is 2. The molecule has 0 radical (unpaired) electrons. The van der Waals surface area contributed by atoms with Crippen LogP contribution in [0.15, 0.2) is 78.0 Å². The highest BCUT2D eigenvalue weighted by Gasteiger charge is 2.32. The lowest BCUT2D eigenvalue weighted by Crippen LogP contribution is -2.42. The smallest absolute Gasteiger partial charge is 0.251 e. The van der Waals surface area contributed by atoms with Gasteiger partial charge in [-0.3, -0.25) is 9.59 Å². The SMILES string of the molecule is COc1ccc(NC(=O)[C@H](c2ccc(F)cc2)N(Cc2ccc(F)cc2)C(=O)CSc2nc(C)cc(C)n2)c(OC)c1. The molecule has 1 heterocycles. The zero-order valence-corrected chi connectivity index (χ0v) is 24.4. The average Bonchev–Trinajstić information content (AvgIpc) is 2.97. The van der Waals surface area contributed by atoms with Gasteiger partial charge in [-0.15, -0.1) is 0 Å². The minimum atomic E-state index is -1.18. The molecule has 0 saturated carbocycles. The van der Waals surface area contributed by atoms with Crippen molar-refractivity contribution in [2.75, 3.05) is 25.3 Å². The standard InChI is InChI=1S/C31H30F2N4O4S/c1-19-15-20(2)35-31(34-19)42-18-28(38)37(17-21-5-9-23(32)10-6-21)29(22-7-11-24(33)12-8-22)30(39)36-26-14-13-25(40-3)16-27(26)41-4/h5-16,29H,17-18H2,1-4H3,(H,36,39)/t29-/m0/s1. The number of nitrogens with one attached hydrogen (secondary N) is 1. The molecule has 0 aliphatic rings. The number of nitrogens with zero attached hydrogens (tertiary/aromatic N) is 3. The zero-order chi connectivity index (χ0) is 30.2. The van der Waals surface area contributed by atoms with Crippen LogP contribution in [0.3, 0.4) is 0 Å². The highest BCUT2D eigenvalue weighted by molar-refractivity contribution is 7.99. The maximum atomic E-state index is 14.0. The highest BCUT2D eigenvalue weighted by Crippen LogP contribution is 2.32. The Morgan fingerprint density at radius 3 is 2.10 bits per heavy atom. The van der Waals surface area contributed by atoms with Crippen LogP contribution in [0.5, 0.6) is 11.5 Å². The Hall–Kier alpha value is -4.51. The molecule has 8 nitrogen and oxygen atoms in total. The fraction of sp³-hybridized carbons (Fsp3) is 0.226. The van der Waals surface area contributed by atoms with Crippen molar-refractivity contribution in [3.05, 3.63) is 107 Å². The number of rotatable bonds is 11. The van der Waals surface area contributed by atoms with Gasteiger partial charge in [-0.2, -0.15) is 0 Å². The van der Waals surface area contributed by atoms with Crippen molar-refractivity contribution in [2.24, 2.45) is 0 Å². The van der Waals surface area contributed by atoms with Crippen molar-refractivity contribution in [3.63, 3.8) is 0 Å². The molecule has 1 aromatic heterocycles. The fourth-order valence-corrected chi connectivity index (χ4v) is 5.13. The van der Waals surface area contributed by atoms with Crippen LogP contribution >= 0.6 is 11.8 Å². The number of halogens is 2. The van der Waals surface area contributed by atoms with Crippen LogP contribution in [-0.4, -0.2) is 46.7 Å². The van der Waals surface area contributed by atoms with Crippen LogP contribution in [0, 0.1) is 25.5 Å². The summed E-state index contributed by atoms with van der Waals surface area (Å²) in [5.41, 5.74) is 2.85. The van der Waals surface area contributed by atoms with E-state index in [1.165, 1.54) is 55.5 Å². The first-order chi connectivity index (χ1) is 20.2. The molecular weight excluding hydrogens is 562 g/mol. The predicted molar refractivity (Wildman–Crippen MR) is 156 cm³/mol. The van der Waals surface area contributed by atoms with Crippen molar-refractivity contribution >= 4 is 29.3 Å². The van der Waals surface area contributed by atoms with Gasteiger partial charge in [0.1, 0.15) is 29.2 Å². The van der Waals surface area contributed by atoms with Gasteiger partial charge in [0, 0.05) is 24.0 Å². The average molecular weight is 593 g/mol. The summed E-state index contributed by atoms with van der Waals surface area (Å²) in [6, 6.07) is 16.6. The minimum absolute atomic E-state index is 0.0252. The lowest BCUT2D eigenvalue weighted by atomic mass is 10.0. The highest BCUT2D eigenvalue weighted by atomic mass is 32.2. The second kappa shape index (κ2) is 13.9. The summed E-state index contributed by atoms with van der Waals surface area (Å²) in [7, 11) is 2.97. The summed E-state index contributed by atoms with van der Waals surface area (Å²) in [5.74, 6) is -1.10. The number of carbonyl (C=O) groups is 2. The van der Waals surface area contributed by atoms with E-state index in [-0.39, 0.29) is 12.3 Å².